The largest absolute Gasteiger partial charge is 0.491 e. The van der Waals surface area contributed by atoms with Crippen LogP contribution >= 0.6 is 22.9 Å². The smallest absolute Gasteiger partial charge is 0.338 e. The van der Waals surface area contributed by atoms with E-state index in [-0.39, 0.29) is 35.5 Å². The summed E-state index contributed by atoms with van der Waals surface area (Å²) in [5.74, 6) is -0.152. The summed E-state index contributed by atoms with van der Waals surface area (Å²) in [6.45, 7) is 3.72. The molecule has 4 heterocycles. The van der Waals surface area contributed by atoms with Gasteiger partial charge in [0.2, 0.25) is 0 Å². The van der Waals surface area contributed by atoms with E-state index in [4.69, 9.17) is 22.1 Å². The summed E-state index contributed by atoms with van der Waals surface area (Å²) < 4.78 is 8.23. The molecule has 0 saturated heterocycles. The van der Waals surface area contributed by atoms with E-state index in [0.717, 1.165) is 5.56 Å². The van der Waals surface area contributed by atoms with Gasteiger partial charge in [0.1, 0.15) is 35.6 Å². The van der Waals surface area contributed by atoms with Crippen LogP contribution in [0.25, 0.3) is 32.2 Å². The molecule has 0 bridgehead atoms. The Morgan fingerprint density at radius 2 is 2.05 bits per heavy atom. The highest BCUT2D eigenvalue weighted by molar-refractivity contribution is 7.18. The lowest BCUT2D eigenvalue weighted by Crippen LogP contribution is -2.27. The first kappa shape index (κ1) is 25.1. The van der Waals surface area contributed by atoms with Crippen LogP contribution in [0.5, 0.6) is 5.75 Å². The third-order valence-corrected chi connectivity index (χ3v) is 7.25. The van der Waals surface area contributed by atoms with E-state index in [1.54, 1.807) is 37.4 Å². The van der Waals surface area contributed by atoms with Gasteiger partial charge in [0.05, 0.1) is 39.4 Å². The predicted molar refractivity (Wildman–Crippen MR) is 145 cm³/mol. The molecule has 0 unspecified atom stereocenters. The number of nitrogen functional groups attached to an aromatic ring is 1. The molecule has 5 rings (SSSR count). The zero-order chi connectivity index (χ0) is 27.1. The number of hydrogen-bond donors (Lipinski definition) is 2. The minimum atomic E-state index is -1.05. The van der Waals surface area contributed by atoms with E-state index in [0.29, 0.717) is 43.6 Å². The van der Waals surface area contributed by atoms with Gasteiger partial charge in [-0.3, -0.25) is 14.3 Å². The summed E-state index contributed by atoms with van der Waals surface area (Å²) in [5, 5.41) is 21.2. The van der Waals surface area contributed by atoms with Crippen molar-refractivity contribution in [2.45, 2.75) is 20.4 Å². The second kappa shape index (κ2) is 9.74. The number of carboxylic acids is 1. The molecule has 190 valence electrons. The Balaban J connectivity index is 1.52. The van der Waals surface area contributed by atoms with Crippen molar-refractivity contribution in [1.82, 2.24) is 19.5 Å². The minimum Gasteiger partial charge on any atom is -0.491 e. The van der Waals surface area contributed by atoms with Gasteiger partial charge in [-0.25, -0.2) is 14.8 Å². The van der Waals surface area contributed by atoms with Crippen LogP contribution in [-0.2, 0) is 6.54 Å². The zero-order valence-electron chi connectivity index (χ0n) is 20.1. The molecular weight excluding hydrogens is 528 g/mol. The standard InChI is InChI=1S/C26H19ClN6O4S/c1-12-7-16(23-22(31-12)18(11-38-23)26(35)36)15-8-14(27)3-4-20(15)37-6-5-33-13(2)32-19-10-30-24(29)17(9-28)21(19)25(33)34/h3-4,7-8,10-11H,5-6H2,1-2H3,(H2,29,30)(H,35,36). The second-order valence-corrected chi connectivity index (χ2v) is 9.75. The zero-order valence-corrected chi connectivity index (χ0v) is 21.7. The summed E-state index contributed by atoms with van der Waals surface area (Å²) >= 11 is 7.60. The summed E-state index contributed by atoms with van der Waals surface area (Å²) in [6.07, 6.45) is 1.37. The van der Waals surface area contributed by atoms with Crippen molar-refractivity contribution in [1.29, 1.82) is 5.26 Å². The molecule has 0 aliphatic rings. The lowest BCUT2D eigenvalue weighted by atomic mass is 10.0. The van der Waals surface area contributed by atoms with Gasteiger partial charge >= 0.3 is 5.97 Å². The Morgan fingerprint density at radius 3 is 2.79 bits per heavy atom. The molecule has 0 aliphatic heterocycles. The average molecular weight is 547 g/mol. The fraction of sp³-hybridized carbons (Fsp3) is 0.154. The maximum absolute atomic E-state index is 13.3. The number of fused-ring (bicyclic) bond motifs is 2. The number of anilines is 1. The van der Waals surface area contributed by atoms with Gasteiger partial charge in [0.25, 0.3) is 5.56 Å². The van der Waals surface area contributed by atoms with Crippen molar-refractivity contribution < 1.29 is 14.6 Å². The molecule has 12 heteroatoms. The van der Waals surface area contributed by atoms with Crippen LogP contribution in [0.1, 0.15) is 27.4 Å². The first-order valence-corrected chi connectivity index (χ1v) is 12.6. The number of nitrogens with two attached hydrogens (primary N) is 1. The van der Waals surface area contributed by atoms with Crippen LogP contribution in [0, 0.1) is 25.2 Å². The van der Waals surface area contributed by atoms with Gasteiger partial charge in [0.15, 0.2) is 0 Å². The number of benzene rings is 1. The first-order valence-electron chi connectivity index (χ1n) is 11.3. The van der Waals surface area contributed by atoms with Crippen LogP contribution in [0.15, 0.2) is 40.6 Å². The fourth-order valence-corrected chi connectivity index (χ4v) is 5.47. The number of rotatable bonds is 6. The molecule has 0 radical (unpaired) electrons. The van der Waals surface area contributed by atoms with Crippen molar-refractivity contribution >= 4 is 55.8 Å². The average Bonchev–Trinajstić information content (AvgIpc) is 3.30. The van der Waals surface area contributed by atoms with Crippen LogP contribution in [0.3, 0.4) is 0 Å². The SMILES string of the molecule is Cc1cc(-c2cc(Cl)ccc2OCCn2c(C)nc3cnc(N)c(C#N)c3c2=O)c2scc(C(=O)O)c2n1. The van der Waals surface area contributed by atoms with E-state index < -0.39 is 11.5 Å². The third-order valence-electron chi connectivity index (χ3n) is 6.02. The van der Waals surface area contributed by atoms with E-state index in [1.807, 2.05) is 12.1 Å². The van der Waals surface area contributed by atoms with E-state index >= 15 is 0 Å². The summed E-state index contributed by atoms with van der Waals surface area (Å²) in [4.78, 5) is 37.7. The quantitative estimate of drug-likeness (QED) is 0.311. The number of carboxylic acid groups (broad SMARTS) is 1. The molecule has 3 N–H and O–H groups in total. The van der Waals surface area contributed by atoms with Crippen molar-refractivity contribution in [3.8, 4) is 22.9 Å². The normalized spacial score (nSPS) is 11.1. The van der Waals surface area contributed by atoms with Gasteiger partial charge in [-0.1, -0.05) is 11.6 Å². The number of hydrogen-bond acceptors (Lipinski definition) is 9. The highest BCUT2D eigenvalue weighted by atomic mass is 35.5. The highest BCUT2D eigenvalue weighted by Gasteiger charge is 2.20. The Kier molecular flexibility index (Phi) is 6.44. The molecule has 10 nitrogen and oxygen atoms in total. The first-order chi connectivity index (χ1) is 18.2. The summed E-state index contributed by atoms with van der Waals surface area (Å²) in [5.41, 5.74) is 8.25. The number of aromatic nitrogens is 4. The van der Waals surface area contributed by atoms with Gasteiger partial charge in [-0.05, 0) is 38.1 Å². The van der Waals surface area contributed by atoms with Crippen molar-refractivity contribution in [2.75, 3.05) is 12.3 Å². The van der Waals surface area contributed by atoms with Crippen molar-refractivity contribution in [3.63, 3.8) is 0 Å². The maximum Gasteiger partial charge on any atom is 0.338 e. The Hall–Kier alpha value is -4.53. The van der Waals surface area contributed by atoms with Crippen molar-refractivity contribution in [3.05, 3.63) is 73.9 Å². The number of thiophene rings is 1. The number of halogens is 1. The molecule has 0 aliphatic carbocycles. The third kappa shape index (κ3) is 4.30. The molecular formula is C26H19ClN6O4S. The molecule has 0 amide bonds. The summed E-state index contributed by atoms with van der Waals surface area (Å²) in [6, 6.07) is 8.95. The summed E-state index contributed by atoms with van der Waals surface area (Å²) in [7, 11) is 0. The van der Waals surface area contributed by atoms with Gasteiger partial charge in [0, 0.05) is 27.2 Å². The molecule has 38 heavy (non-hydrogen) atoms. The van der Waals surface area contributed by atoms with E-state index in [1.165, 1.54) is 22.1 Å². The lowest BCUT2D eigenvalue weighted by molar-refractivity contribution is 0.0699. The molecule has 0 fully saturated rings. The number of aromatic carboxylic acids is 1. The number of aryl methyl sites for hydroxylation is 2. The minimum absolute atomic E-state index is 0.0107. The number of nitrogens with zero attached hydrogens (tertiary/aromatic N) is 5. The van der Waals surface area contributed by atoms with Gasteiger partial charge in [-0.2, -0.15) is 5.26 Å². The number of nitriles is 1. The Bertz CT molecular complexity index is 1870. The topological polar surface area (TPSA) is 157 Å². The number of pyridine rings is 2. The maximum atomic E-state index is 13.3. The molecule has 0 atom stereocenters. The predicted octanol–water partition coefficient (Wildman–Crippen LogP) is 4.57. The molecule has 5 aromatic rings. The van der Waals surface area contributed by atoms with Gasteiger partial charge in [-0.15, -0.1) is 11.3 Å². The Labute approximate surface area is 224 Å². The van der Waals surface area contributed by atoms with E-state index in [2.05, 4.69) is 15.0 Å². The molecule has 0 spiro atoms. The number of carbonyl (C=O) groups is 1. The van der Waals surface area contributed by atoms with Crippen molar-refractivity contribution in [2.24, 2.45) is 0 Å². The number of ether oxygens (including phenoxy) is 1. The van der Waals surface area contributed by atoms with Crippen LogP contribution in [0.2, 0.25) is 5.02 Å². The molecule has 4 aromatic heterocycles. The van der Waals surface area contributed by atoms with E-state index in [9.17, 15) is 20.0 Å². The molecule has 0 saturated carbocycles. The Morgan fingerprint density at radius 1 is 1.26 bits per heavy atom. The molecule has 1 aromatic carbocycles. The van der Waals surface area contributed by atoms with Crippen LogP contribution in [0.4, 0.5) is 5.82 Å². The van der Waals surface area contributed by atoms with Crippen LogP contribution in [-0.4, -0.2) is 37.2 Å². The second-order valence-electron chi connectivity index (χ2n) is 8.44. The monoisotopic (exact) mass is 546 g/mol. The van der Waals surface area contributed by atoms with Gasteiger partial charge < -0.3 is 15.6 Å². The highest BCUT2D eigenvalue weighted by Crippen LogP contribution is 2.40. The van der Waals surface area contributed by atoms with Crippen LogP contribution < -0.4 is 16.0 Å². The fourth-order valence-electron chi connectivity index (χ4n) is 4.28. The lowest BCUT2D eigenvalue weighted by Gasteiger charge is -2.15.